The zero-order valence-electron chi connectivity index (χ0n) is 15.3. The number of rotatable bonds is 6. The van der Waals surface area contributed by atoms with E-state index in [-0.39, 0.29) is 11.0 Å². The number of unbranched alkanes of at least 4 members (excludes halogenated alkanes) is 2. The number of hydrogen-bond donors (Lipinski definition) is 0. The van der Waals surface area contributed by atoms with Crippen LogP contribution in [0.4, 0.5) is 4.39 Å². The standard InChI is InChI=1S/C22H26Cl2FN/c1-2-3-4-5-15-6-8-16(9-7-15)19-11-10-17(13-21(19)25)18-12-20(23)22(24)26-14-18/h10-16H,2-9H2,1H3/t15-,16-. The predicted octanol–water partition coefficient (Wildman–Crippen LogP) is 8.05. The maximum atomic E-state index is 14.8. The molecule has 1 fully saturated rings. The van der Waals surface area contributed by atoms with E-state index in [0.717, 1.165) is 35.4 Å². The molecule has 1 aliphatic carbocycles. The van der Waals surface area contributed by atoms with Crippen LogP contribution in [0.5, 0.6) is 0 Å². The first kappa shape index (κ1) is 19.6. The summed E-state index contributed by atoms with van der Waals surface area (Å²) < 4.78 is 14.8. The molecule has 2 aromatic rings. The van der Waals surface area contributed by atoms with Gasteiger partial charge in [-0.1, -0.05) is 67.9 Å². The van der Waals surface area contributed by atoms with Crippen LogP contribution in [0.15, 0.2) is 30.5 Å². The summed E-state index contributed by atoms with van der Waals surface area (Å²) in [4.78, 5) is 4.05. The van der Waals surface area contributed by atoms with Crippen LogP contribution in [0, 0.1) is 11.7 Å². The zero-order chi connectivity index (χ0) is 18.5. The van der Waals surface area contributed by atoms with Crippen molar-refractivity contribution in [2.24, 2.45) is 5.92 Å². The van der Waals surface area contributed by atoms with Gasteiger partial charge in [0.1, 0.15) is 11.0 Å². The number of benzene rings is 1. The molecule has 1 heterocycles. The van der Waals surface area contributed by atoms with E-state index in [4.69, 9.17) is 23.2 Å². The van der Waals surface area contributed by atoms with Crippen LogP contribution in [0.3, 0.4) is 0 Å². The third-order valence-electron chi connectivity index (χ3n) is 5.63. The highest BCUT2D eigenvalue weighted by Gasteiger charge is 2.24. The average Bonchev–Trinajstić information content (AvgIpc) is 2.65. The lowest BCUT2D eigenvalue weighted by Crippen LogP contribution is -2.14. The molecule has 0 bridgehead atoms. The normalized spacial score (nSPS) is 20.3. The van der Waals surface area contributed by atoms with Gasteiger partial charge in [0.2, 0.25) is 0 Å². The highest BCUT2D eigenvalue weighted by molar-refractivity contribution is 6.41. The van der Waals surface area contributed by atoms with Crippen LogP contribution in [0.1, 0.15) is 69.8 Å². The number of hydrogen-bond acceptors (Lipinski definition) is 1. The maximum absolute atomic E-state index is 14.8. The number of pyridine rings is 1. The van der Waals surface area contributed by atoms with E-state index in [1.807, 2.05) is 12.1 Å². The van der Waals surface area contributed by atoms with E-state index in [0.29, 0.717) is 10.9 Å². The Hall–Kier alpha value is -1.12. The number of halogens is 3. The molecule has 3 rings (SSSR count). The van der Waals surface area contributed by atoms with E-state index in [1.54, 1.807) is 18.3 Å². The molecule has 4 heteroatoms. The van der Waals surface area contributed by atoms with E-state index < -0.39 is 0 Å². The molecular formula is C22H26Cl2FN. The van der Waals surface area contributed by atoms with Crippen LogP contribution in [0.25, 0.3) is 11.1 Å². The van der Waals surface area contributed by atoms with Crippen molar-refractivity contribution >= 4 is 23.2 Å². The summed E-state index contributed by atoms with van der Waals surface area (Å²) in [5, 5.41) is 0.651. The molecule has 1 aliphatic rings. The second kappa shape index (κ2) is 9.19. The molecule has 0 spiro atoms. The Kier molecular flexibility index (Phi) is 6.94. The summed E-state index contributed by atoms with van der Waals surface area (Å²) in [6, 6.07) is 7.24. The predicted molar refractivity (Wildman–Crippen MR) is 108 cm³/mol. The Morgan fingerprint density at radius 1 is 1.04 bits per heavy atom. The molecule has 0 N–H and O–H groups in total. The fourth-order valence-electron chi connectivity index (χ4n) is 4.06. The lowest BCUT2D eigenvalue weighted by molar-refractivity contribution is 0.299. The Balaban J connectivity index is 1.66. The molecule has 0 unspecified atom stereocenters. The average molecular weight is 394 g/mol. The largest absolute Gasteiger partial charge is 0.242 e. The summed E-state index contributed by atoms with van der Waals surface area (Å²) >= 11 is 11.9. The monoisotopic (exact) mass is 393 g/mol. The lowest BCUT2D eigenvalue weighted by Gasteiger charge is -2.29. The van der Waals surface area contributed by atoms with E-state index >= 15 is 0 Å². The summed E-state index contributed by atoms with van der Waals surface area (Å²) in [6.07, 6.45) is 11.6. The van der Waals surface area contributed by atoms with Gasteiger partial charge in [-0.15, -0.1) is 0 Å². The van der Waals surface area contributed by atoms with Gasteiger partial charge in [0, 0.05) is 11.8 Å². The van der Waals surface area contributed by atoms with Gasteiger partial charge in [-0.25, -0.2) is 9.37 Å². The van der Waals surface area contributed by atoms with Crippen LogP contribution < -0.4 is 0 Å². The Labute approximate surface area is 165 Å². The first-order valence-electron chi connectivity index (χ1n) is 9.69. The van der Waals surface area contributed by atoms with Crippen molar-refractivity contribution in [1.82, 2.24) is 4.98 Å². The van der Waals surface area contributed by atoms with Crippen molar-refractivity contribution in [2.45, 2.75) is 64.2 Å². The molecule has 0 amide bonds. The second-order valence-electron chi connectivity index (χ2n) is 7.45. The van der Waals surface area contributed by atoms with Crippen molar-refractivity contribution < 1.29 is 4.39 Å². The minimum atomic E-state index is -0.122. The minimum Gasteiger partial charge on any atom is -0.242 e. The SMILES string of the molecule is CCCCC[C@H]1CC[C@H](c2ccc(-c3cnc(Cl)c(Cl)c3)cc2F)CC1. The fourth-order valence-corrected chi connectivity index (χ4v) is 4.33. The van der Waals surface area contributed by atoms with Crippen molar-refractivity contribution in [1.29, 1.82) is 0 Å². The molecule has 0 saturated heterocycles. The lowest BCUT2D eigenvalue weighted by atomic mass is 9.76. The Morgan fingerprint density at radius 3 is 2.46 bits per heavy atom. The van der Waals surface area contributed by atoms with Crippen LogP contribution >= 0.6 is 23.2 Å². The van der Waals surface area contributed by atoms with E-state index in [2.05, 4.69) is 11.9 Å². The molecule has 0 aliphatic heterocycles. The maximum Gasteiger partial charge on any atom is 0.147 e. The van der Waals surface area contributed by atoms with Crippen molar-refractivity contribution in [3.63, 3.8) is 0 Å². The van der Waals surface area contributed by atoms with Crippen molar-refractivity contribution in [3.8, 4) is 11.1 Å². The van der Waals surface area contributed by atoms with Gasteiger partial charge in [0.25, 0.3) is 0 Å². The zero-order valence-corrected chi connectivity index (χ0v) is 16.8. The third kappa shape index (κ3) is 4.78. The molecule has 140 valence electrons. The fraction of sp³-hybridized carbons (Fsp3) is 0.500. The molecule has 1 saturated carbocycles. The van der Waals surface area contributed by atoms with Crippen molar-refractivity contribution in [3.05, 3.63) is 52.0 Å². The molecular weight excluding hydrogens is 368 g/mol. The molecule has 1 aromatic carbocycles. The van der Waals surface area contributed by atoms with E-state index in [9.17, 15) is 4.39 Å². The molecule has 0 atom stereocenters. The first-order valence-corrected chi connectivity index (χ1v) is 10.4. The summed E-state index contributed by atoms with van der Waals surface area (Å²) in [7, 11) is 0. The molecule has 1 aromatic heterocycles. The quantitative estimate of drug-likeness (QED) is 0.357. The number of nitrogens with zero attached hydrogens (tertiary/aromatic N) is 1. The van der Waals surface area contributed by atoms with Crippen LogP contribution in [-0.4, -0.2) is 4.98 Å². The first-order chi connectivity index (χ1) is 12.6. The van der Waals surface area contributed by atoms with Gasteiger partial charge in [0.05, 0.1) is 5.02 Å². The molecule has 26 heavy (non-hydrogen) atoms. The van der Waals surface area contributed by atoms with Gasteiger partial charge < -0.3 is 0 Å². The molecule has 1 nitrogen and oxygen atoms in total. The smallest absolute Gasteiger partial charge is 0.147 e. The van der Waals surface area contributed by atoms with Gasteiger partial charge >= 0.3 is 0 Å². The highest BCUT2D eigenvalue weighted by Crippen LogP contribution is 2.39. The Morgan fingerprint density at radius 2 is 1.81 bits per heavy atom. The summed E-state index contributed by atoms with van der Waals surface area (Å²) in [5.74, 6) is 1.06. The van der Waals surface area contributed by atoms with Crippen LogP contribution in [0.2, 0.25) is 10.2 Å². The minimum absolute atomic E-state index is 0.122. The third-order valence-corrected chi connectivity index (χ3v) is 6.32. The molecule has 0 radical (unpaired) electrons. The second-order valence-corrected chi connectivity index (χ2v) is 8.21. The van der Waals surface area contributed by atoms with Crippen LogP contribution in [-0.2, 0) is 0 Å². The summed E-state index contributed by atoms with van der Waals surface area (Å²) in [5.41, 5.74) is 2.42. The Bertz CT molecular complexity index is 739. The number of aromatic nitrogens is 1. The topological polar surface area (TPSA) is 12.9 Å². The van der Waals surface area contributed by atoms with Gasteiger partial charge in [-0.2, -0.15) is 0 Å². The van der Waals surface area contributed by atoms with Crippen molar-refractivity contribution in [2.75, 3.05) is 0 Å². The highest BCUT2D eigenvalue weighted by atomic mass is 35.5. The van der Waals surface area contributed by atoms with Gasteiger partial charge in [-0.05, 0) is 60.8 Å². The summed E-state index contributed by atoms with van der Waals surface area (Å²) in [6.45, 7) is 2.25. The van der Waals surface area contributed by atoms with E-state index in [1.165, 1.54) is 38.5 Å². The van der Waals surface area contributed by atoms with Gasteiger partial charge in [0.15, 0.2) is 0 Å². The van der Waals surface area contributed by atoms with Gasteiger partial charge in [-0.3, -0.25) is 0 Å².